The number of anilines is 1. The number of nitrogens with two attached hydrogens (primary N) is 1. The number of ether oxygens (including phenoxy) is 1. The number of nitrogens with zero attached hydrogens (tertiary/aromatic N) is 5. The fourth-order valence-electron chi connectivity index (χ4n) is 3.17. The summed E-state index contributed by atoms with van der Waals surface area (Å²) in [6, 6.07) is 6.17. The van der Waals surface area contributed by atoms with Crippen LogP contribution in [0.15, 0.2) is 35.6 Å². The van der Waals surface area contributed by atoms with Crippen LogP contribution in [0, 0.1) is 10.1 Å². The van der Waals surface area contributed by atoms with E-state index in [1.807, 2.05) is 0 Å². The van der Waals surface area contributed by atoms with Gasteiger partial charge in [-0.15, -0.1) is 0 Å². The second-order valence-corrected chi connectivity index (χ2v) is 7.62. The molecule has 0 saturated carbocycles. The summed E-state index contributed by atoms with van der Waals surface area (Å²) in [7, 11) is 0. The first-order chi connectivity index (χ1) is 14.4. The molecule has 5 N–H and O–H groups in total. The van der Waals surface area contributed by atoms with Crippen molar-refractivity contribution in [2.45, 2.75) is 35.3 Å². The summed E-state index contributed by atoms with van der Waals surface area (Å²) in [6.45, 7) is -0.450. The quantitative estimate of drug-likeness (QED) is 0.180. The highest BCUT2D eigenvalue weighted by molar-refractivity contribution is 7.98. The molecular formula is C17H18N6O6S. The molecule has 2 aromatic heterocycles. The maximum atomic E-state index is 10.8. The zero-order chi connectivity index (χ0) is 21.4. The summed E-state index contributed by atoms with van der Waals surface area (Å²) in [4.78, 5) is 23.0. The van der Waals surface area contributed by atoms with E-state index in [0.717, 1.165) is 5.56 Å². The van der Waals surface area contributed by atoms with Crippen molar-refractivity contribution < 1.29 is 25.0 Å². The van der Waals surface area contributed by atoms with Gasteiger partial charge < -0.3 is 25.8 Å². The first-order valence-electron chi connectivity index (χ1n) is 8.87. The lowest BCUT2D eigenvalue weighted by Gasteiger charge is -2.16. The zero-order valence-electron chi connectivity index (χ0n) is 15.4. The maximum absolute atomic E-state index is 10.8. The highest BCUT2D eigenvalue weighted by Gasteiger charge is 2.44. The molecule has 0 spiro atoms. The molecule has 0 bridgehead atoms. The predicted molar refractivity (Wildman–Crippen MR) is 105 cm³/mol. The number of thioether (sulfide) groups is 1. The number of hydrogen-bond donors (Lipinski definition) is 4. The van der Waals surface area contributed by atoms with Crippen LogP contribution in [0.5, 0.6) is 0 Å². The molecule has 158 valence electrons. The van der Waals surface area contributed by atoms with E-state index in [-0.39, 0.29) is 11.6 Å². The van der Waals surface area contributed by atoms with Gasteiger partial charge in [-0.05, 0) is 5.56 Å². The minimum absolute atomic E-state index is 0.00894. The molecule has 0 aliphatic carbocycles. The minimum atomic E-state index is -1.29. The number of aliphatic hydroxyl groups excluding tert-OH is 3. The summed E-state index contributed by atoms with van der Waals surface area (Å²) in [5.74, 6) is 0.451. The molecule has 4 atom stereocenters. The van der Waals surface area contributed by atoms with Crippen molar-refractivity contribution in [1.29, 1.82) is 0 Å². The first kappa shape index (κ1) is 20.4. The van der Waals surface area contributed by atoms with E-state index in [2.05, 4.69) is 15.0 Å². The molecule has 3 heterocycles. The lowest BCUT2D eigenvalue weighted by molar-refractivity contribution is -0.384. The monoisotopic (exact) mass is 434 g/mol. The molecule has 4 rings (SSSR count). The van der Waals surface area contributed by atoms with Crippen LogP contribution in [0.25, 0.3) is 11.2 Å². The van der Waals surface area contributed by atoms with Gasteiger partial charge in [-0.2, -0.15) is 4.98 Å². The van der Waals surface area contributed by atoms with Crippen molar-refractivity contribution in [3.63, 3.8) is 0 Å². The standard InChI is InChI=1S/C17H18N6O6S/c18-17-20-14-11(19-7-22(14)16-13(26)12(25)10(5-24)29-16)15(21-17)30-6-8-1-3-9(4-2-8)23(27)28/h1-4,7,10,12-13,16,24-26H,5-6H2,(H2,18,20,21)/t10-,12+,13?,16-/m1/s1. The summed E-state index contributed by atoms with van der Waals surface area (Å²) in [5.41, 5.74) is 7.43. The fraction of sp³-hybridized carbons (Fsp3) is 0.353. The van der Waals surface area contributed by atoms with Gasteiger partial charge in [-0.1, -0.05) is 23.9 Å². The van der Waals surface area contributed by atoms with Crippen molar-refractivity contribution in [3.8, 4) is 0 Å². The van der Waals surface area contributed by atoms with Crippen LogP contribution < -0.4 is 5.73 Å². The SMILES string of the molecule is Nc1nc(SCc2ccc([N+](=O)[O-])cc2)c2ncn([C@@H]3O[C@H](CO)[C@H](O)C3O)c2n1. The Morgan fingerprint density at radius 2 is 1.97 bits per heavy atom. The van der Waals surface area contributed by atoms with Gasteiger partial charge in [0.1, 0.15) is 28.9 Å². The van der Waals surface area contributed by atoms with E-state index in [1.165, 1.54) is 34.8 Å². The van der Waals surface area contributed by atoms with Crippen molar-refractivity contribution >= 4 is 34.6 Å². The summed E-state index contributed by atoms with van der Waals surface area (Å²) < 4.78 is 6.97. The molecule has 1 saturated heterocycles. The van der Waals surface area contributed by atoms with Crippen LogP contribution in [0.1, 0.15) is 11.8 Å². The van der Waals surface area contributed by atoms with E-state index in [0.29, 0.717) is 21.9 Å². The van der Waals surface area contributed by atoms with E-state index in [1.54, 1.807) is 12.1 Å². The molecule has 0 radical (unpaired) electrons. The Morgan fingerprint density at radius 3 is 2.60 bits per heavy atom. The fourth-order valence-corrected chi connectivity index (χ4v) is 4.10. The molecule has 1 aliphatic heterocycles. The third kappa shape index (κ3) is 3.68. The van der Waals surface area contributed by atoms with E-state index in [4.69, 9.17) is 10.5 Å². The average molecular weight is 434 g/mol. The number of non-ortho nitro benzene ring substituents is 1. The van der Waals surface area contributed by atoms with E-state index < -0.39 is 36.1 Å². The van der Waals surface area contributed by atoms with Crippen molar-refractivity contribution in [2.75, 3.05) is 12.3 Å². The van der Waals surface area contributed by atoms with Gasteiger partial charge in [-0.25, -0.2) is 9.97 Å². The zero-order valence-corrected chi connectivity index (χ0v) is 16.2. The molecule has 30 heavy (non-hydrogen) atoms. The number of aliphatic hydroxyl groups is 3. The average Bonchev–Trinajstić information content (AvgIpc) is 3.27. The summed E-state index contributed by atoms with van der Waals surface area (Å²) >= 11 is 1.32. The number of nitro benzene ring substituents is 1. The Hall–Kier alpha value is -2.84. The Balaban J connectivity index is 1.60. The topological polar surface area (TPSA) is 183 Å². The number of fused-ring (bicyclic) bond motifs is 1. The lowest BCUT2D eigenvalue weighted by atomic mass is 10.1. The van der Waals surface area contributed by atoms with Gasteiger partial charge in [-0.3, -0.25) is 14.7 Å². The number of rotatable bonds is 6. The number of nitrogen functional groups attached to an aromatic ring is 1. The number of aromatic nitrogens is 4. The third-order valence-electron chi connectivity index (χ3n) is 4.72. The Morgan fingerprint density at radius 1 is 1.23 bits per heavy atom. The molecule has 13 heteroatoms. The van der Waals surface area contributed by atoms with Crippen LogP contribution in [0.3, 0.4) is 0 Å². The van der Waals surface area contributed by atoms with Gasteiger partial charge in [0.25, 0.3) is 5.69 Å². The highest BCUT2D eigenvalue weighted by atomic mass is 32.2. The molecule has 3 aromatic rings. The van der Waals surface area contributed by atoms with E-state index >= 15 is 0 Å². The lowest BCUT2D eigenvalue weighted by Crippen LogP contribution is -2.33. The van der Waals surface area contributed by atoms with Gasteiger partial charge in [0, 0.05) is 17.9 Å². The van der Waals surface area contributed by atoms with Gasteiger partial charge in [0.05, 0.1) is 17.9 Å². The van der Waals surface area contributed by atoms with Gasteiger partial charge >= 0.3 is 0 Å². The molecular weight excluding hydrogens is 416 g/mol. The van der Waals surface area contributed by atoms with Crippen molar-refractivity contribution in [3.05, 3.63) is 46.3 Å². The normalized spacial score (nSPS) is 23.8. The molecule has 1 fully saturated rings. The molecule has 12 nitrogen and oxygen atoms in total. The van der Waals surface area contributed by atoms with Gasteiger partial charge in [0.15, 0.2) is 11.9 Å². The molecule has 1 unspecified atom stereocenters. The first-order valence-corrected chi connectivity index (χ1v) is 9.86. The van der Waals surface area contributed by atoms with Crippen molar-refractivity contribution in [2.24, 2.45) is 0 Å². The molecule has 0 amide bonds. The van der Waals surface area contributed by atoms with Crippen LogP contribution in [0.4, 0.5) is 11.6 Å². The Kier molecular flexibility index (Phi) is 5.53. The maximum Gasteiger partial charge on any atom is 0.269 e. The highest BCUT2D eigenvalue weighted by Crippen LogP contribution is 2.34. The van der Waals surface area contributed by atoms with Crippen molar-refractivity contribution in [1.82, 2.24) is 19.5 Å². The number of benzene rings is 1. The van der Waals surface area contributed by atoms with E-state index in [9.17, 15) is 25.4 Å². The smallest absolute Gasteiger partial charge is 0.269 e. The molecule has 1 aliphatic rings. The minimum Gasteiger partial charge on any atom is -0.394 e. The number of nitro groups is 1. The Labute approximate surface area is 173 Å². The summed E-state index contributed by atoms with van der Waals surface area (Å²) in [5, 5.41) is 40.8. The second kappa shape index (κ2) is 8.12. The van der Waals surface area contributed by atoms with Crippen LogP contribution in [-0.2, 0) is 10.5 Å². The third-order valence-corrected chi connectivity index (χ3v) is 5.76. The largest absolute Gasteiger partial charge is 0.394 e. The number of imidazole rings is 1. The van der Waals surface area contributed by atoms with Crippen LogP contribution >= 0.6 is 11.8 Å². The van der Waals surface area contributed by atoms with Gasteiger partial charge in [0.2, 0.25) is 5.95 Å². The Bertz CT molecular complexity index is 1080. The van der Waals surface area contributed by atoms with Crippen LogP contribution in [-0.4, -0.2) is 64.7 Å². The number of hydrogen-bond acceptors (Lipinski definition) is 11. The summed E-state index contributed by atoms with van der Waals surface area (Å²) in [6.07, 6.45) is -3.07. The second-order valence-electron chi connectivity index (χ2n) is 6.65. The predicted octanol–water partition coefficient (Wildman–Crippen LogP) is 0.220. The van der Waals surface area contributed by atoms with Crippen LogP contribution in [0.2, 0.25) is 0 Å². The molecule has 1 aromatic carbocycles.